The zero-order valence-corrected chi connectivity index (χ0v) is 10.6. The van der Waals surface area contributed by atoms with Gasteiger partial charge in [0.2, 0.25) is 0 Å². The van der Waals surface area contributed by atoms with Crippen LogP contribution in [-0.4, -0.2) is 22.6 Å². The lowest BCUT2D eigenvalue weighted by molar-refractivity contribution is -0.147. The van der Waals surface area contributed by atoms with Crippen molar-refractivity contribution in [2.45, 2.75) is 26.4 Å². The summed E-state index contributed by atoms with van der Waals surface area (Å²) < 4.78 is 38.1. The quantitative estimate of drug-likeness (QED) is 0.867. The van der Waals surface area contributed by atoms with Gasteiger partial charge in [-0.3, -0.25) is 4.79 Å². The van der Waals surface area contributed by atoms with Gasteiger partial charge in [-0.25, -0.2) is 4.98 Å². The highest BCUT2D eigenvalue weighted by Crippen LogP contribution is 2.34. The second-order valence-electron chi connectivity index (χ2n) is 4.47. The molecule has 1 heterocycles. The van der Waals surface area contributed by atoms with Crippen molar-refractivity contribution >= 4 is 11.8 Å². The monoisotopic (exact) mass is 276 g/mol. The SMILES string of the molecule is CCC(C)(CNc1ncccc1C(F)(F)F)C(=O)O. The third kappa shape index (κ3) is 3.59. The number of alkyl halides is 3. The van der Waals surface area contributed by atoms with Crippen LogP contribution in [0.3, 0.4) is 0 Å². The summed E-state index contributed by atoms with van der Waals surface area (Å²) in [6.45, 7) is 3.01. The normalized spacial score (nSPS) is 14.8. The fourth-order valence-electron chi connectivity index (χ4n) is 1.41. The first-order chi connectivity index (χ1) is 8.70. The van der Waals surface area contributed by atoms with E-state index in [1.807, 2.05) is 0 Å². The number of hydrogen-bond donors (Lipinski definition) is 2. The lowest BCUT2D eigenvalue weighted by Gasteiger charge is -2.24. The van der Waals surface area contributed by atoms with Crippen LogP contribution in [0.15, 0.2) is 18.3 Å². The Morgan fingerprint density at radius 2 is 2.11 bits per heavy atom. The maximum Gasteiger partial charge on any atom is 0.419 e. The van der Waals surface area contributed by atoms with Crippen molar-refractivity contribution in [3.63, 3.8) is 0 Å². The predicted octanol–water partition coefficient (Wildman–Crippen LogP) is 3.01. The van der Waals surface area contributed by atoms with E-state index in [2.05, 4.69) is 10.3 Å². The molecule has 0 saturated heterocycles. The van der Waals surface area contributed by atoms with Crippen molar-refractivity contribution in [1.82, 2.24) is 4.98 Å². The van der Waals surface area contributed by atoms with E-state index in [4.69, 9.17) is 5.11 Å². The van der Waals surface area contributed by atoms with Crippen molar-refractivity contribution in [2.24, 2.45) is 5.41 Å². The maximum atomic E-state index is 12.7. The average Bonchev–Trinajstić information content (AvgIpc) is 2.35. The van der Waals surface area contributed by atoms with Crippen LogP contribution in [0.1, 0.15) is 25.8 Å². The Balaban J connectivity index is 2.93. The fourth-order valence-corrected chi connectivity index (χ4v) is 1.41. The van der Waals surface area contributed by atoms with Gasteiger partial charge in [0, 0.05) is 12.7 Å². The molecular formula is C12H15F3N2O2. The standard InChI is InChI=1S/C12H15F3N2O2/c1-3-11(2,10(18)19)7-17-9-8(12(13,14)15)5-4-6-16-9/h4-6H,3,7H2,1-2H3,(H,16,17)(H,18,19). The van der Waals surface area contributed by atoms with Gasteiger partial charge in [-0.1, -0.05) is 6.92 Å². The zero-order valence-electron chi connectivity index (χ0n) is 10.6. The van der Waals surface area contributed by atoms with Crippen LogP contribution in [0.5, 0.6) is 0 Å². The number of pyridine rings is 1. The van der Waals surface area contributed by atoms with Gasteiger partial charge in [-0.15, -0.1) is 0 Å². The number of carboxylic acid groups (broad SMARTS) is 1. The molecule has 1 atom stereocenters. The average molecular weight is 276 g/mol. The molecule has 0 fully saturated rings. The molecule has 0 bridgehead atoms. The minimum absolute atomic E-state index is 0.126. The van der Waals surface area contributed by atoms with Gasteiger partial charge in [0.1, 0.15) is 5.82 Å². The number of rotatable bonds is 5. The van der Waals surface area contributed by atoms with Crippen molar-refractivity contribution in [3.05, 3.63) is 23.9 Å². The maximum absolute atomic E-state index is 12.7. The van der Waals surface area contributed by atoms with Gasteiger partial charge in [0.05, 0.1) is 11.0 Å². The summed E-state index contributed by atoms with van der Waals surface area (Å²) in [6.07, 6.45) is -3.01. The van der Waals surface area contributed by atoms with Crippen LogP contribution < -0.4 is 5.32 Å². The smallest absolute Gasteiger partial charge is 0.419 e. The molecule has 1 aromatic heterocycles. The lowest BCUT2D eigenvalue weighted by atomic mass is 9.87. The molecule has 2 N–H and O–H groups in total. The van der Waals surface area contributed by atoms with Gasteiger partial charge in [0.15, 0.2) is 0 Å². The molecule has 1 unspecified atom stereocenters. The second-order valence-corrected chi connectivity index (χ2v) is 4.47. The minimum Gasteiger partial charge on any atom is -0.481 e. The Morgan fingerprint density at radius 1 is 1.47 bits per heavy atom. The van der Waals surface area contributed by atoms with E-state index in [-0.39, 0.29) is 12.4 Å². The van der Waals surface area contributed by atoms with Gasteiger partial charge in [-0.05, 0) is 25.5 Å². The summed E-state index contributed by atoms with van der Waals surface area (Å²) in [7, 11) is 0. The fraction of sp³-hybridized carbons (Fsp3) is 0.500. The number of nitrogens with one attached hydrogen (secondary N) is 1. The molecule has 1 aromatic rings. The van der Waals surface area contributed by atoms with E-state index >= 15 is 0 Å². The van der Waals surface area contributed by atoms with Crippen LogP contribution >= 0.6 is 0 Å². The predicted molar refractivity (Wildman–Crippen MR) is 63.8 cm³/mol. The number of aromatic nitrogens is 1. The highest BCUT2D eigenvalue weighted by molar-refractivity contribution is 5.75. The van der Waals surface area contributed by atoms with E-state index in [0.29, 0.717) is 6.42 Å². The molecule has 0 radical (unpaired) electrons. The first-order valence-electron chi connectivity index (χ1n) is 5.70. The lowest BCUT2D eigenvalue weighted by Crippen LogP contribution is -2.35. The Labute approximate surface area is 108 Å². The first-order valence-corrected chi connectivity index (χ1v) is 5.70. The summed E-state index contributed by atoms with van der Waals surface area (Å²) in [5.41, 5.74) is -2.04. The minimum atomic E-state index is -4.53. The molecule has 0 aliphatic heterocycles. The topological polar surface area (TPSA) is 62.2 Å². The van der Waals surface area contributed by atoms with E-state index in [1.165, 1.54) is 19.2 Å². The largest absolute Gasteiger partial charge is 0.481 e. The highest BCUT2D eigenvalue weighted by Gasteiger charge is 2.36. The summed E-state index contributed by atoms with van der Waals surface area (Å²) in [5, 5.41) is 11.5. The number of halogens is 3. The molecular weight excluding hydrogens is 261 g/mol. The summed E-state index contributed by atoms with van der Waals surface area (Å²) in [4.78, 5) is 14.7. The molecule has 0 aromatic carbocycles. The van der Waals surface area contributed by atoms with Gasteiger partial charge in [-0.2, -0.15) is 13.2 Å². The van der Waals surface area contributed by atoms with E-state index in [9.17, 15) is 18.0 Å². The Hall–Kier alpha value is -1.79. The highest BCUT2D eigenvalue weighted by atomic mass is 19.4. The molecule has 19 heavy (non-hydrogen) atoms. The molecule has 106 valence electrons. The van der Waals surface area contributed by atoms with E-state index in [0.717, 1.165) is 6.07 Å². The Morgan fingerprint density at radius 3 is 2.58 bits per heavy atom. The summed E-state index contributed by atoms with van der Waals surface area (Å²) >= 11 is 0. The molecule has 0 aliphatic rings. The van der Waals surface area contributed by atoms with Gasteiger partial charge < -0.3 is 10.4 Å². The zero-order chi connectivity index (χ0) is 14.7. The van der Waals surface area contributed by atoms with E-state index < -0.39 is 23.1 Å². The number of carboxylic acids is 1. The molecule has 7 heteroatoms. The summed E-state index contributed by atoms with van der Waals surface area (Å²) in [5.74, 6) is -1.41. The van der Waals surface area contributed by atoms with Gasteiger partial charge >= 0.3 is 12.1 Å². The third-order valence-corrected chi connectivity index (χ3v) is 3.06. The molecule has 1 rings (SSSR count). The van der Waals surface area contributed by atoms with Crippen LogP contribution in [-0.2, 0) is 11.0 Å². The van der Waals surface area contributed by atoms with Crippen LogP contribution in [0.4, 0.5) is 19.0 Å². The number of nitrogens with zero attached hydrogens (tertiary/aromatic N) is 1. The Bertz CT molecular complexity index is 463. The van der Waals surface area contributed by atoms with Crippen molar-refractivity contribution in [1.29, 1.82) is 0 Å². The molecule has 0 spiro atoms. The van der Waals surface area contributed by atoms with Gasteiger partial charge in [0.25, 0.3) is 0 Å². The van der Waals surface area contributed by atoms with Crippen LogP contribution in [0.25, 0.3) is 0 Å². The van der Waals surface area contributed by atoms with Crippen molar-refractivity contribution in [3.8, 4) is 0 Å². The number of aliphatic carboxylic acids is 1. The second kappa shape index (κ2) is 5.46. The van der Waals surface area contributed by atoms with Crippen molar-refractivity contribution < 1.29 is 23.1 Å². The van der Waals surface area contributed by atoms with Crippen LogP contribution in [0.2, 0.25) is 0 Å². The molecule has 0 saturated carbocycles. The number of anilines is 1. The first kappa shape index (κ1) is 15.3. The third-order valence-electron chi connectivity index (χ3n) is 3.06. The van der Waals surface area contributed by atoms with E-state index in [1.54, 1.807) is 6.92 Å². The Kier molecular flexibility index (Phi) is 4.39. The molecule has 0 aliphatic carbocycles. The van der Waals surface area contributed by atoms with Crippen molar-refractivity contribution in [2.75, 3.05) is 11.9 Å². The number of carbonyl (C=O) groups is 1. The van der Waals surface area contributed by atoms with Crippen LogP contribution in [0, 0.1) is 5.41 Å². The summed E-state index contributed by atoms with van der Waals surface area (Å²) in [6, 6.07) is 2.09. The number of hydrogen-bond acceptors (Lipinski definition) is 3. The molecule has 0 amide bonds. The molecule has 4 nitrogen and oxygen atoms in total.